The zero-order valence-corrected chi connectivity index (χ0v) is 14.1. The Bertz CT molecular complexity index is 456. The van der Waals surface area contributed by atoms with Crippen LogP contribution in [0, 0.1) is 5.92 Å². The van der Waals surface area contributed by atoms with Gasteiger partial charge < -0.3 is 15.1 Å². The number of nitrogens with one attached hydrogen (secondary N) is 1. The average Bonchev–Trinajstić information content (AvgIpc) is 2.69. The molecule has 5 nitrogen and oxygen atoms in total. The molecular weight excluding hydrogens is 323 g/mol. The molecule has 0 radical (unpaired) electrons. The van der Waals surface area contributed by atoms with Gasteiger partial charge in [0.25, 0.3) is 0 Å². The first kappa shape index (κ1) is 18.9. The lowest BCUT2D eigenvalue weighted by atomic mass is 9.85. The van der Waals surface area contributed by atoms with Gasteiger partial charge in [-0.15, -0.1) is 0 Å². The van der Waals surface area contributed by atoms with Crippen LogP contribution in [0.3, 0.4) is 0 Å². The normalized spacial score (nSPS) is 26.2. The van der Waals surface area contributed by atoms with Crippen molar-refractivity contribution in [3.05, 3.63) is 0 Å². The van der Waals surface area contributed by atoms with Crippen LogP contribution < -0.4 is 5.32 Å². The summed E-state index contributed by atoms with van der Waals surface area (Å²) in [6, 6.07) is -0.891. The standard InChI is InChI=1S/C16H26F3N3O2/c1-2-7-21-8-4-9-22(11-14(21)23)15(24)20-13-6-3-5-12(10-13)16(17,18)19/h12-13H,2-11H2,1H3,(H,20,24)/t12-,13-/m0/s1. The molecule has 1 saturated heterocycles. The first-order valence-corrected chi connectivity index (χ1v) is 8.71. The van der Waals surface area contributed by atoms with E-state index in [9.17, 15) is 22.8 Å². The van der Waals surface area contributed by atoms with Crippen LogP contribution in [0.2, 0.25) is 0 Å². The third-order valence-corrected chi connectivity index (χ3v) is 4.78. The molecule has 0 aromatic rings. The van der Waals surface area contributed by atoms with Gasteiger partial charge in [-0.1, -0.05) is 13.3 Å². The van der Waals surface area contributed by atoms with Gasteiger partial charge in [-0.05, 0) is 32.1 Å². The molecule has 0 aromatic heterocycles. The van der Waals surface area contributed by atoms with Crippen molar-refractivity contribution in [3.63, 3.8) is 0 Å². The fourth-order valence-corrected chi connectivity index (χ4v) is 3.48. The van der Waals surface area contributed by atoms with Crippen LogP contribution in [0.4, 0.5) is 18.0 Å². The lowest BCUT2D eigenvalue weighted by Crippen LogP contribution is -2.49. The fourth-order valence-electron chi connectivity index (χ4n) is 3.48. The highest BCUT2D eigenvalue weighted by molar-refractivity contribution is 5.84. The zero-order chi connectivity index (χ0) is 17.7. The third kappa shape index (κ3) is 5.01. The number of alkyl halides is 3. The van der Waals surface area contributed by atoms with E-state index in [0.717, 1.165) is 6.42 Å². The number of halogens is 3. The summed E-state index contributed by atoms with van der Waals surface area (Å²) in [5.41, 5.74) is 0. The molecule has 8 heteroatoms. The number of nitrogens with zero attached hydrogens (tertiary/aromatic N) is 2. The van der Waals surface area contributed by atoms with Crippen molar-refractivity contribution in [1.82, 2.24) is 15.1 Å². The number of rotatable bonds is 3. The summed E-state index contributed by atoms with van der Waals surface area (Å²) in [6.45, 7) is 3.73. The van der Waals surface area contributed by atoms with Crippen molar-refractivity contribution < 1.29 is 22.8 Å². The van der Waals surface area contributed by atoms with Crippen molar-refractivity contribution in [2.75, 3.05) is 26.2 Å². The topological polar surface area (TPSA) is 52.6 Å². The Hall–Kier alpha value is -1.47. The van der Waals surface area contributed by atoms with Gasteiger partial charge in [0.2, 0.25) is 5.91 Å². The van der Waals surface area contributed by atoms with Crippen LogP contribution in [0.25, 0.3) is 0 Å². The zero-order valence-electron chi connectivity index (χ0n) is 14.1. The molecule has 0 unspecified atom stereocenters. The largest absolute Gasteiger partial charge is 0.391 e. The van der Waals surface area contributed by atoms with Gasteiger partial charge >= 0.3 is 12.2 Å². The minimum atomic E-state index is -4.21. The molecule has 0 aromatic carbocycles. The van der Waals surface area contributed by atoms with Crippen molar-refractivity contribution in [2.45, 2.75) is 57.7 Å². The Kier molecular flexibility index (Phi) is 6.34. The first-order valence-electron chi connectivity index (χ1n) is 8.71. The number of carbonyl (C=O) groups is 2. The molecule has 1 aliphatic carbocycles. The van der Waals surface area contributed by atoms with E-state index in [-0.39, 0.29) is 25.3 Å². The van der Waals surface area contributed by atoms with E-state index in [4.69, 9.17) is 0 Å². The highest BCUT2D eigenvalue weighted by Crippen LogP contribution is 2.37. The van der Waals surface area contributed by atoms with Crippen molar-refractivity contribution in [3.8, 4) is 0 Å². The van der Waals surface area contributed by atoms with Gasteiger partial charge in [0, 0.05) is 25.7 Å². The van der Waals surface area contributed by atoms with E-state index >= 15 is 0 Å². The lowest BCUT2D eigenvalue weighted by Gasteiger charge is -2.32. The van der Waals surface area contributed by atoms with Gasteiger partial charge in [0.05, 0.1) is 5.92 Å². The fraction of sp³-hybridized carbons (Fsp3) is 0.875. The molecule has 2 atom stereocenters. The molecule has 1 N–H and O–H groups in total. The van der Waals surface area contributed by atoms with Crippen LogP contribution in [0.5, 0.6) is 0 Å². The van der Waals surface area contributed by atoms with E-state index < -0.39 is 24.2 Å². The molecule has 24 heavy (non-hydrogen) atoms. The second-order valence-corrected chi connectivity index (χ2v) is 6.71. The van der Waals surface area contributed by atoms with Crippen molar-refractivity contribution >= 4 is 11.9 Å². The third-order valence-electron chi connectivity index (χ3n) is 4.78. The Morgan fingerprint density at radius 2 is 2.00 bits per heavy atom. The number of urea groups is 1. The highest BCUT2D eigenvalue weighted by atomic mass is 19.4. The van der Waals surface area contributed by atoms with Gasteiger partial charge in [-0.2, -0.15) is 13.2 Å². The lowest BCUT2D eigenvalue weighted by molar-refractivity contribution is -0.183. The highest BCUT2D eigenvalue weighted by Gasteiger charge is 2.42. The molecule has 1 heterocycles. The average molecular weight is 349 g/mol. The van der Waals surface area contributed by atoms with E-state index in [1.165, 1.54) is 4.90 Å². The van der Waals surface area contributed by atoms with Gasteiger partial charge in [-0.3, -0.25) is 4.79 Å². The SMILES string of the molecule is CCCN1CCCN(C(=O)N[C@H]2CCC[C@H](C(F)(F)F)C2)CC1=O. The van der Waals surface area contributed by atoms with E-state index in [2.05, 4.69) is 5.32 Å². The van der Waals surface area contributed by atoms with E-state index in [0.29, 0.717) is 38.9 Å². The maximum absolute atomic E-state index is 12.9. The van der Waals surface area contributed by atoms with Crippen LogP contribution in [0.15, 0.2) is 0 Å². The minimum absolute atomic E-state index is 0.00124. The number of hydrogen-bond acceptors (Lipinski definition) is 2. The first-order chi connectivity index (χ1) is 11.3. The molecule has 3 amide bonds. The summed E-state index contributed by atoms with van der Waals surface area (Å²) in [4.78, 5) is 27.7. The van der Waals surface area contributed by atoms with Crippen LogP contribution in [0.1, 0.15) is 45.4 Å². The molecule has 1 aliphatic heterocycles. The quantitative estimate of drug-likeness (QED) is 0.852. The second kappa shape index (κ2) is 8.07. The summed E-state index contributed by atoms with van der Waals surface area (Å²) in [6.07, 6.45) is -1.58. The van der Waals surface area contributed by atoms with Gasteiger partial charge in [-0.25, -0.2) is 4.79 Å². The van der Waals surface area contributed by atoms with Crippen LogP contribution >= 0.6 is 0 Å². The van der Waals surface area contributed by atoms with Crippen molar-refractivity contribution in [2.24, 2.45) is 5.92 Å². The predicted octanol–water partition coefficient (Wildman–Crippen LogP) is 2.76. The molecule has 2 rings (SSSR count). The molecule has 0 spiro atoms. The second-order valence-electron chi connectivity index (χ2n) is 6.71. The maximum Gasteiger partial charge on any atom is 0.391 e. The molecule has 1 saturated carbocycles. The van der Waals surface area contributed by atoms with E-state index in [1.807, 2.05) is 6.92 Å². The molecule has 138 valence electrons. The Morgan fingerprint density at radius 1 is 1.25 bits per heavy atom. The van der Waals surface area contributed by atoms with Crippen molar-refractivity contribution in [1.29, 1.82) is 0 Å². The van der Waals surface area contributed by atoms with Gasteiger partial charge in [0.15, 0.2) is 0 Å². The molecule has 2 fully saturated rings. The summed E-state index contributed by atoms with van der Waals surface area (Å²) < 4.78 is 38.6. The monoisotopic (exact) mass is 349 g/mol. The Balaban J connectivity index is 1.88. The number of carbonyl (C=O) groups excluding carboxylic acids is 2. The summed E-state index contributed by atoms with van der Waals surface area (Å²) in [7, 11) is 0. The molecular formula is C16H26F3N3O2. The van der Waals surface area contributed by atoms with Crippen LogP contribution in [-0.2, 0) is 4.79 Å². The smallest absolute Gasteiger partial charge is 0.341 e. The summed E-state index contributed by atoms with van der Waals surface area (Å²) in [5.74, 6) is -1.44. The summed E-state index contributed by atoms with van der Waals surface area (Å²) >= 11 is 0. The molecule has 2 aliphatic rings. The Labute approximate surface area is 140 Å². The number of amides is 3. The minimum Gasteiger partial charge on any atom is -0.341 e. The predicted molar refractivity (Wildman–Crippen MR) is 83.4 cm³/mol. The molecule has 0 bridgehead atoms. The van der Waals surface area contributed by atoms with Gasteiger partial charge in [0.1, 0.15) is 6.54 Å². The van der Waals surface area contributed by atoms with E-state index in [1.54, 1.807) is 4.90 Å². The maximum atomic E-state index is 12.9. The summed E-state index contributed by atoms with van der Waals surface area (Å²) in [5, 5.41) is 2.70. The van der Waals surface area contributed by atoms with Crippen LogP contribution in [-0.4, -0.2) is 60.1 Å². The Morgan fingerprint density at radius 3 is 2.67 bits per heavy atom. The number of hydrogen-bond donors (Lipinski definition) is 1.